The Hall–Kier alpha value is -2.70. The molecule has 1 aromatic carbocycles. The quantitative estimate of drug-likeness (QED) is 0.735. The molecule has 1 N–H and O–H groups in total. The Bertz CT molecular complexity index is 928. The SMILES string of the molecule is Cc1nc2c(c(=O)[nH]1)-c1cc(F)cc(N(C)C(=O)OC(C)(C)C)c1C2. The number of benzene rings is 1. The molecule has 0 unspecified atom stereocenters. The van der Waals surface area contributed by atoms with Crippen molar-refractivity contribution in [2.45, 2.75) is 39.7 Å². The molecule has 0 atom stereocenters. The maximum absolute atomic E-state index is 14.2. The van der Waals surface area contributed by atoms with E-state index in [4.69, 9.17) is 4.74 Å². The van der Waals surface area contributed by atoms with Gasteiger partial charge in [0.05, 0.1) is 16.9 Å². The van der Waals surface area contributed by atoms with Crippen LogP contribution in [0.3, 0.4) is 0 Å². The zero-order valence-corrected chi connectivity index (χ0v) is 14.9. The van der Waals surface area contributed by atoms with Crippen molar-refractivity contribution in [1.82, 2.24) is 9.97 Å². The van der Waals surface area contributed by atoms with Gasteiger partial charge in [-0.2, -0.15) is 0 Å². The average molecular weight is 345 g/mol. The lowest BCUT2D eigenvalue weighted by Gasteiger charge is -2.26. The third kappa shape index (κ3) is 3.14. The fourth-order valence-electron chi connectivity index (χ4n) is 2.98. The molecule has 0 radical (unpaired) electrons. The molecule has 1 aromatic heterocycles. The molecule has 0 aliphatic heterocycles. The number of aromatic amines is 1. The van der Waals surface area contributed by atoms with Crippen LogP contribution in [-0.2, 0) is 11.2 Å². The smallest absolute Gasteiger partial charge is 0.414 e. The zero-order chi connectivity index (χ0) is 18.5. The lowest BCUT2D eigenvalue weighted by Crippen LogP contribution is -2.34. The maximum Gasteiger partial charge on any atom is 0.414 e. The fourth-order valence-corrected chi connectivity index (χ4v) is 2.98. The van der Waals surface area contributed by atoms with Gasteiger partial charge < -0.3 is 9.72 Å². The largest absolute Gasteiger partial charge is 0.443 e. The second-order valence-corrected chi connectivity index (χ2v) is 7.14. The molecule has 0 saturated heterocycles. The van der Waals surface area contributed by atoms with Crippen LogP contribution in [-0.4, -0.2) is 28.7 Å². The maximum atomic E-state index is 14.2. The molecule has 6 nitrogen and oxygen atoms in total. The van der Waals surface area contributed by atoms with E-state index in [1.165, 1.54) is 24.1 Å². The minimum Gasteiger partial charge on any atom is -0.443 e. The van der Waals surface area contributed by atoms with E-state index in [2.05, 4.69) is 9.97 Å². The van der Waals surface area contributed by atoms with Crippen LogP contribution in [0.4, 0.5) is 14.9 Å². The number of rotatable bonds is 1. The number of aryl methyl sites for hydroxylation is 1. The predicted octanol–water partition coefficient (Wildman–Crippen LogP) is 3.16. The van der Waals surface area contributed by atoms with Crippen LogP contribution in [0.25, 0.3) is 11.1 Å². The third-order valence-electron chi connectivity index (χ3n) is 3.95. The van der Waals surface area contributed by atoms with E-state index >= 15 is 0 Å². The number of aromatic nitrogens is 2. The first-order valence-corrected chi connectivity index (χ1v) is 7.96. The normalized spacial score (nSPS) is 12.6. The Morgan fingerprint density at radius 1 is 1.36 bits per heavy atom. The van der Waals surface area contributed by atoms with Crippen molar-refractivity contribution < 1.29 is 13.9 Å². The molecule has 25 heavy (non-hydrogen) atoms. The van der Waals surface area contributed by atoms with Crippen LogP contribution < -0.4 is 10.5 Å². The number of ether oxygens (including phenoxy) is 1. The van der Waals surface area contributed by atoms with E-state index < -0.39 is 17.5 Å². The fraction of sp³-hybridized carbons (Fsp3) is 0.389. The topological polar surface area (TPSA) is 75.3 Å². The number of carbonyl (C=O) groups is 1. The molecular formula is C18H20FN3O3. The number of halogens is 1. The van der Waals surface area contributed by atoms with Crippen LogP contribution in [0.5, 0.6) is 0 Å². The second kappa shape index (κ2) is 5.68. The van der Waals surface area contributed by atoms with Crippen molar-refractivity contribution >= 4 is 11.8 Å². The number of hydrogen-bond acceptors (Lipinski definition) is 4. The summed E-state index contributed by atoms with van der Waals surface area (Å²) in [5, 5.41) is 0. The molecule has 1 aliphatic carbocycles. The van der Waals surface area contributed by atoms with Gasteiger partial charge >= 0.3 is 6.09 Å². The van der Waals surface area contributed by atoms with Gasteiger partial charge in [-0.3, -0.25) is 9.69 Å². The first-order valence-electron chi connectivity index (χ1n) is 7.96. The molecule has 1 amide bonds. The van der Waals surface area contributed by atoms with Gasteiger partial charge in [0, 0.05) is 13.5 Å². The molecule has 1 heterocycles. The van der Waals surface area contributed by atoms with Crippen molar-refractivity contribution in [1.29, 1.82) is 0 Å². The number of nitrogens with zero attached hydrogens (tertiary/aromatic N) is 2. The molecule has 0 saturated carbocycles. The lowest BCUT2D eigenvalue weighted by atomic mass is 10.0. The number of nitrogens with one attached hydrogen (secondary N) is 1. The van der Waals surface area contributed by atoms with E-state index in [1.807, 2.05) is 0 Å². The van der Waals surface area contributed by atoms with Gasteiger partial charge in [0.1, 0.15) is 17.2 Å². The van der Waals surface area contributed by atoms with Crippen LogP contribution in [0.15, 0.2) is 16.9 Å². The highest BCUT2D eigenvalue weighted by Crippen LogP contribution is 2.39. The Morgan fingerprint density at radius 2 is 2.04 bits per heavy atom. The van der Waals surface area contributed by atoms with E-state index in [9.17, 15) is 14.0 Å². The van der Waals surface area contributed by atoms with E-state index in [0.717, 1.165) is 0 Å². The van der Waals surface area contributed by atoms with Gasteiger partial charge in [0.25, 0.3) is 5.56 Å². The highest BCUT2D eigenvalue weighted by atomic mass is 19.1. The summed E-state index contributed by atoms with van der Waals surface area (Å²) in [4.78, 5) is 32.9. The van der Waals surface area contributed by atoms with Crippen molar-refractivity contribution in [2.75, 3.05) is 11.9 Å². The predicted molar refractivity (Wildman–Crippen MR) is 92.4 cm³/mol. The third-order valence-corrected chi connectivity index (χ3v) is 3.95. The van der Waals surface area contributed by atoms with Crippen molar-refractivity contribution in [3.8, 4) is 11.1 Å². The Labute approximate surface area is 144 Å². The molecule has 0 fully saturated rings. The van der Waals surface area contributed by atoms with Crippen molar-refractivity contribution in [2.24, 2.45) is 0 Å². The zero-order valence-electron chi connectivity index (χ0n) is 14.9. The summed E-state index contributed by atoms with van der Waals surface area (Å²) in [6.45, 7) is 6.98. The number of anilines is 1. The molecule has 3 rings (SSSR count). The highest BCUT2D eigenvalue weighted by molar-refractivity contribution is 5.92. The van der Waals surface area contributed by atoms with Gasteiger partial charge in [-0.25, -0.2) is 14.2 Å². The van der Waals surface area contributed by atoms with Gasteiger partial charge in [-0.15, -0.1) is 0 Å². The lowest BCUT2D eigenvalue weighted by molar-refractivity contribution is 0.0589. The van der Waals surface area contributed by atoms with Crippen LogP contribution in [0.1, 0.15) is 37.9 Å². The molecule has 132 valence electrons. The number of H-pyrrole nitrogens is 1. The summed E-state index contributed by atoms with van der Waals surface area (Å²) >= 11 is 0. The summed E-state index contributed by atoms with van der Waals surface area (Å²) in [5.74, 6) is -0.0314. The van der Waals surface area contributed by atoms with E-state index in [-0.39, 0.29) is 5.56 Å². The minimum absolute atomic E-state index is 0.308. The van der Waals surface area contributed by atoms with Crippen LogP contribution in [0, 0.1) is 12.7 Å². The van der Waals surface area contributed by atoms with Crippen LogP contribution in [0.2, 0.25) is 0 Å². The average Bonchev–Trinajstić information content (AvgIpc) is 2.81. The monoisotopic (exact) mass is 345 g/mol. The van der Waals surface area contributed by atoms with E-state index in [1.54, 1.807) is 27.7 Å². The standard InChI is InChI=1S/C18H20FN3O3/c1-9-20-13-8-11-12(15(13)16(23)21-9)6-10(19)7-14(11)22(5)17(24)25-18(2,3)4/h6-7H,8H2,1-5H3,(H,20,21,23). The van der Waals surface area contributed by atoms with Gasteiger partial charge in [0.15, 0.2) is 0 Å². The van der Waals surface area contributed by atoms with Gasteiger partial charge in [-0.05, 0) is 51.0 Å². The summed E-state index contributed by atoms with van der Waals surface area (Å²) < 4.78 is 19.5. The van der Waals surface area contributed by atoms with Crippen molar-refractivity contribution in [3.63, 3.8) is 0 Å². The first-order chi connectivity index (χ1) is 11.6. The Balaban J connectivity index is 2.10. The number of fused-ring (bicyclic) bond motifs is 3. The highest BCUT2D eigenvalue weighted by Gasteiger charge is 2.30. The first kappa shape index (κ1) is 17.1. The summed E-state index contributed by atoms with van der Waals surface area (Å²) in [5.41, 5.74) is 1.50. The molecule has 0 bridgehead atoms. The minimum atomic E-state index is -0.666. The molecule has 1 aliphatic rings. The number of amides is 1. The molecular weight excluding hydrogens is 325 g/mol. The number of carbonyl (C=O) groups excluding carboxylic acids is 1. The van der Waals surface area contributed by atoms with E-state index in [0.29, 0.717) is 40.3 Å². The Kier molecular flexibility index (Phi) is 3.89. The summed E-state index contributed by atoms with van der Waals surface area (Å²) in [6, 6.07) is 2.58. The molecule has 2 aromatic rings. The molecule has 0 spiro atoms. The van der Waals surface area contributed by atoms with Crippen molar-refractivity contribution in [3.05, 3.63) is 45.4 Å². The van der Waals surface area contributed by atoms with Gasteiger partial charge in [-0.1, -0.05) is 0 Å². The van der Waals surface area contributed by atoms with Gasteiger partial charge in [0.2, 0.25) is 0 Å². The Morgan fingerprint density at radius 3 is 2.68 bits per heavy atom. The second-order valence-electron chi connectivity index (χ2n) is 7.14. The summed E-state index contributed by atoms with van der Waals surface area (Å²) in [7, 11) is 1.52. The number of hydrogen-bond donors (Lipinski definition) is 1. The molecule has 7 heteroatoms. The summed E-state index contributed by atoms with van der Waals surface area (Å²) in [6.07, 6.45) is -0.229. The van der Waals surface area contributed by atoms with Crippen LogP contribution >= 0.6 is 0 Å².